The van der Waals surface area contributed by atoms with E-state index in [4.69, 9.17) is 0 Å². The highest BCUT2D eigenvalue weighted by Gasteiger charge is 2.26. The minimum atomic E-state index is -0.431. The van der Waals surface area contributed by atoms with Gasteiger partial charge in [-0.05, 0) is 11.1 Å². The highest BCUT2D eigenvalue weighted by molar-refractivity contribution is 7.14. The number of imide groups is 1. The van der Waals surface area contributed by atoms with Crippen molar-refractivity contribution in [2.45, 2.75) is 19.3 Å². The van der Waals surface area contributed by atoms with E-state index in [1.165, 1.54) is 7.11 Å². The number of aromatic nitrogens is 1. The Balaban J connectivity index is 1.85. The minimum Gasteiger partial charge on any atom is -0.469 e. The number of thiazole rings is 1. The summed E-state index contributed by atoms with van der Waals surface area (Å²) in [5.74, 6) is -1.16. The standard InChI is InChI=1S/C22H20N2O4S/c1-28-21(27)14-18-15-29-22(23-18)24(19(25)12-16-8-4-2-5-9-16)20(26)13-17-10-6-3-7-11-17/h2-11,15H,12-14H2,1H3. The van der Waals surface area contributed by atoms with Gasteiger partial charge in [-0.2, -0.15) is 0 Å². The van der Waals surface area contributed by atoms with Gasteiger partial charge in [-0.15, -0.1) is 11.3 Å². The summed E-state index contributed by atoms with van der Waals surface area (Å²) in [6.45, 7) is 0. The Morgan fingerprint density at radius 2 is 1.38 bits per heavy atom. The summed E-state index contributed by atoms with van der Waals surface area (Å²) < 4.78 is 4.66. The molecule has 0 saturated carbocycles. The van der Waals surface area contributed by atoms with E-state index in [-0.39, 0.29) is 36.2 Å². The third kappa shape index (κ3) is 5.58. The quantitative estimate of drug-likeness (QED) is 0.561. The number of amides is 2. The van der Waals surface area contributed by atoms with E-state index in [2.05, 4.69) is 9.72 Å². The third-order valence-corrected chi connectivity index (χ3v) is 5.05. The zero-order chi connectivity index (χ0) is 20.6. The van der Waals surface area contributed by atoms with Crippen molar-refractivity contribution in [3.8, 4) is 0 Å². The number of benzene rings is 2. The van der Waals surface area contributed by atoms with Gasteiger partial charge in [-0.3, -0.25) is 14.4 Å². The SMILES string of the molecule is COC(=O)Cc1csc(N(C(=O)Cc2ccccc2)C(=O)Cc2ccccc2)n1. The summed E-state index contributed by atoms with van der Waals surface area (Å²) in [5.41, 5.74) is 2.07. The van der Waals surface area contributed by atoms with Gasteiger partial charge in [0.25, 0.3) is 0 Å². The number of hydrogen-bond acceptors (Lipinski definition) is 6. The van der Waals surface area contributed by atoms with Crippen molar-refractivity contribution < 1.29 is 19.1 Å². The van der Waals surface area contributed by atoms with E-state index in [0.29, 0.717) is 5.69 Å². The van der Waals surface area contributed by atoms with Gasteiger partial charge in [-0.25, -0.2) is 9.88 Å². The molecular formula is C22H20N2O4S. The predicted octanol–water partition coefficient (Wildman–Crippen LogP) is 3.20. The van der Waals surface area contributed by atoms with E-state index >= 15 is 0 Å². The average molecular weight is 408 g/mol. The van der Waals surface area contributed by atoms with E-state index in [0.717, 1.165) is 27.4 Å². The topological polar surface area (TPSA) is 76.6 Å². The Morgan fingerprint density at radius 3 is 1.86 bits per heavy atom. The van der Waals surface area contributed by atoms with Crippen molar-refractivity contribution in [3.05, 3.63) is 82.9 Å². The predicted molar refractivity (Wildman–Crippen MR) is 111 cm³/mol. The Labute approximate surface area is 172 Å². The Hall–Kier alpha value is -3.32. The fourth-order valence-electron chi connectivity index (χ4n) is 2.75. The number of carbonyl (C=O) groups excluding carboxylic acids is 3. The molecule has 7 heteroatoms. The van der Waals surface area contributed by atoms with Gasteiger partial charge in [0.05, 0.1) is 32.1 Å². The molecule has 6 nitrogen and oxygen atoms in total. The molecule has 0 bridgehead atoms. The number of methoxy groups -OCH3 is 1. The molecule has 3 rings (SSSR count). The highest BCUT2D eigenvalue weighted by Crippen LogP contribution is 2.23. The lowest BCUT2D eigenvalue weighted by Gasteiger charge is -2.18. The zero-order valence-electron chi connectivity index (χ0n) is 15.9. The average Bonchev–Trinajstić information content (AvgIpc) is 3.17. The second-order valence-corrected chi connectivity index (χ2v) is 7.16. The summed E-state index contributed by atoms with van der Waals surface area (Å²) in [5, 5.41) is 1.91. The molecule has 1 heterocycles. The lowest BCUT2D eigenvalue weighted by Crippen LogP contribution is -2.39. The van der Waals surface area contributed by atoms with Crippen molar-refractivity contribution >= 4 is 34.3 Å². The number of nitrogens with zero attached hydrogens (tertiary/aromatic N) is 2. The van der Waals surface area contributed by atoms with Gasteiger partial charge in [0, 0.05) is 5.38 Å². The summed E-state index contributed by atoms with van der Waals surface area (Å²) in [6, 6.07) is 18.5. The molecule has 0 aliphatic carbocycles. The highest BCUT2D eigenvalue weighted by atomic mass is 32.1. The van der Waals surface area contributed by atoms with Crippen molar-refractivity contribution in [1.82, 2.24) is 4.98 Å². The molecule has 0 atom stereocenters. The molecule has 0 unspecified atom stereocenters. The van der Waals surface area contributed by atoms with Crippen molar-refractivity contribution in [2.24, 2.45) is 0 Å². The monoisotopic (exact) mass is 408 g/mol. The summed E-state index contributed by atoms with van der Waals surface area (Å²) in [4.78, 5) is 43.0. The fourth-order valence-corrected chi connectivity index (χ4v) is 3.61. The Morgan fingerprint density at radius 1 is 0.862 bits per heavy atom. The van der Waals surface area contributed by atoms with E-state index in [9.17, 15) is 14.4 Å². The molecule has 0 N–H and O–H groups in total. The van der Waals surface area contributed by atoms with Crippen LogP contribution in [0.1, 0.15) is 16.8 Å². The van der Waals surface area contributed by atoms with Crippen LogP contribution in [0.3, 0.4) is 0 Å². The smallest absolute Gasteiger partial charge is 0.311 e. The fraction of sp³-hybridized carbons (Fsp3) is 0.182. The number of rotatable bonds is 7. The molecule has 3 aromatic rings. The van der Waals surface area contributed by atoms with Gasteiger partial charge in [0.2, 0.25) is 11.8 Å². The molecule has 0 radical (unpaired) electrons. The van der Waals surface area contributed by atoms with Crippen LogP contribution in [-0.2, 0) is 38.4 Å². The molecule has 29 heavy (non-hydrogen) atoms. The van der Waals surface area contributed by atoms with Crippen LogP contribution >= 0.6 is 11.3 Å². The number of anilines is 1. The second kappa shape index (κ2) is 9.75. The molecule has 0 aliphatic rings. The third-order valence-electron chi connectivity index (χ3n) is 4.18. The van der Waals surface area contributed by atoms with Crippen molar-refractivity contribution in [1.29, 1.82) is 0 Å². The van der Waals surface area contributed by atoms with E-state index in [1.807, 2.05) is 60.7 Å². The zero-order valence-corrected chi connectivity index (χ0v) is 16.7. The number of ether oxygens (including phenoxy) is 1. The Kier molecular flexibility index (Phi) is 6.86. The minimum absolute atomic E-state index is 0.0133. The number of hydrogen-bond donors (Lipinski definition) is 0. The maximum absolute atomic E-state index is 13.0. The molecule has 0 saturated heterocycles. The molecule has 0 spiro atoms. The van der Waals surface area contributed by atoms with Crippen LogP contribution in [0.5, 0.6) is 0 Å². The number of carbonyl (C=O) groups is 3. The van der Waals surface area contributed by atoms with E-state index < -0.39 is 5.97 Å². The molecule has 0 fully saturated rings. The van der Waals surface area contributed by atoms with Gasteiger partial charge < -0.3 is 4.74 Å². The lowest BCUT2D eigenvalue weighted by atomic mass is 10.1. The van der Waals surface area contributed by atoms with E-state index in [1.54, 1.807) is 5.38 Å². The van der Waals surface area contributed by atoms with Crippen LogP contribution in [0.2, 0.25) is 0 Å². The van der Waals surface area contributed by atoms with Gasteiger partial charge in [0.1, 0.15) is 0 Å². The van der Waals surface area contributed by atoms with Gasteiger partial charge in [0.15, 0.2) is 5.13 Å². The van der Waals surface area contributed by atoms with Crippen LogP contribution in [0.15, 0.2) is 66.0 Å². The summed E-state index contributed by atoms with van der Waals surface area (Å²) in [7, 11) is 1.30. The first-order valence-corrected chi connectivity index (χ1v) is 9.89. The van der Waals surface area contributed by atoms with Crippen LogP contribution in [0, 0.1) is 0 Å². The molecule has 148 valence electrons. The second-order valence-electron chi connectivity index (χ2n) is 6.32. The lowest BCUT2D eigenvalue weighted by molar-refractivity contribution is -0.139. The first-order chi connectivity index (χ1) is 14.1. The molecule has 2 amide bonds. The maximum Gasteiger partial charge on any atom is 0.311 e. The molecule has 2 aromatic carbocycles. The summed E-state index contributed by atoms with van der Waals surface area (Å²) in [6.07, 6.45) is 0.140. The molecular weight excluding hydrogens is 388 g/mol. The van der Waals surface area contributed by atoms with Crippen LogP contribution in [0.4, 0.5) is 5.13 Å². The van der Waals surface area contributed by atoms with Gasteiger partial charge in [-0.1, -0.05) is 60.7 Å². The first-order valence-electron chi connectivity index (χ1n) is 9.01. The summed E-state index contributed by atoms with van der Waals surface area (Å²) >= 11 is 1.15. The first kappa shape index (κ1) is 20.4. The molecule has 1 aromatic heterocycles. The van der Waals surface area contributed by atoms with Crippen LogP contribution < -0.4 is 4.90 Å². The maximum atomic E-state index is 13.0. The van der Waals surface area contributed by atoms with Gasteiger partial charge >= 0.3 is 5.97 Å². The normalized spacial score (nSPS) is 10.4. The molecule has 0 aliphatic heterocycles. The Bertz CT molecular complexity index is 933. The largest absolute Gasteiger partial charge is 0.469 e. The van der Waals surface area contributed by atoms with Crippen molar-refractivity contribution in [3.63, 3.8) is 0 Å². The van der Waals surface area contributed by atoms with Crippen molar-refractivity contribution in [2.75, 3.05) is 12.0 Å². The number of esters is 1. The van der Waals surface area contributed by atoms with Crippen LogP contribution in [0.25, 0.3) is 0 Å². The van der Waals surface area contributed by atoms with Crippen LogP contribution in [-0.4, -0.2) is 29.9 Å².